The fourth-order valence-corrected chi connectivity index (χ4v) is 2.73. The predicted octanol–water partition coefficient (Wildman–Crippen LogP) is 3.82. The maximum absolute atomic E-state index is 5.11. The van der Waals surface area contributed by atoms with E-state index in [2.05, 4.69) is 16.5 Å². The van der Waals surface area contributed by atoms with Gasteiger partial charge in [-0.05, 0) is 30.3 Å². The van der Waals surface area contributed by atoms with Crippen LogP contribution >= 0.6 is 0 Å². The third kappa shape index (κ3) is 3.51. The van der Waals surface area contributed by atoms with Gasteiger partial charge in [0.2, 0.25) is 0 Å². The Bertz CT molecular complexity index is 915. The molecule has 0 amide bonds. The van der Waals surface area contributed by atoms with E-state index in [1.54, 1.807) is 18.7 Å². The van der Waals surface area contributed by atoms with Gasteiger partial charge in [0.1, 0.15) is 0 Å². The Morgan fingerprint density at radius 2 is 1.92 bits per heavy atom. The predicted molar refractivity (Wildman–Crippen MR) is 96.0 cm³/mol. The van der Waals surface area contributed by atoms with Gasteiger partial charge >= 0.3 is 0 Å². The summed E-state index contributed by atoms with van der Waals surface area (Å²) in [7, 11) is 0. The van der Waals surface area contributed by atoms with Gasteiger partial charge in [-0.2, -0.15) is 5.10 Å². The number of nitrogens with zero attached hydrogens (tertiary/aromatic N) is 3. The maximum atomic E-state index is 5.11. The summed E-state index contributed by atoms with van der Waals surface area (Å²) in [5, 5.41) is 8.23. The normalized spacial score (nSPS) is 10.9. The van der Waals surface area contributed by atoms with Crippen LogP contribution in [0.5, 0.6) is 0 Å². The van der Waals surface area contributed by atoms with Crippen LogP contribution in [0.15, 0.2) is 84.1 Å². The molecule has 0 radical (unpaired) electrons. The molecule has 0 aliphatic heterocycles. The number of rotatable bonds is 6. The molecular weight excluding hydrogens is 312 g/mol. The zero-order valence-corrected chi connectivity index (χ0v) is 13.7. The van der Waals surface area contributed by atoms with Crippen LogP contribution < -0.4 is 5.32 Å². The summed E-state index contributed by atoms with van der Waals surface area (Å²) in [6.07, 6.45) is 9.12. The monoisotopic (exact) mass is 330 g/mol. The molecule has 3 aromatic heterocycles. The van der Waals surface area contributed by atoms with E-state index in [1.807, 2.05) is 59.4 Å². The Kier molecular flexibility index (Phi) is 4.39. The summed E-state index contributed by atoms with van der Waals surface area (Å²) < 4.78 is 7.02. The quantitative estimate of drug-likeness (QED) is 0.584. The molecule has 5 heteroatoms. The van der Waals surface area contributed by atoms with Gasteiger partial charge in [0, 0.05) is 48.4 Å². The molecule has 0 atom stereocenters. The average Bonchev–Trinajstić information content (AvgIpc) is 3.33. The van der Waals surface area contributed by atoms with Crippen LogP contribution in [0.4, 0.5) is 0 Å². The zero-order valence-electron chi connectivity index (χ0n) is 13.7. The van der Waals surface area contributed by atoms with Crippen molar-refractivity contribution in [3.63, 3.8) is 0 Å². The second-order valence-electron chi connectivity index (χ2n) is 5.76. The van der Waals surface area contributed by atoms with Gasteiger partial charge in [-0.15, -0.1) is 0 Å². The average molecular weight is 330 g/mol. The lowest BCUT2D eigenvalue weighted by molar-refractivity contribution is 0.560. The highest BCUT2D eigenvalue weighted by Gasteiger charge is 2.12. The molecule has 0 aliphatic carbocycles. The van der Waals surface area contributed by atoms with E-state index < -0.39 is 0 Å². The number of para-hydroxylation sites is 1. The molecule has 0 aliphatic rings. The van der Waals surface area contributed by atoms with Crippen molar-refractivity contribution in [1.82, 2.24) is 20.1 Å². The minimum atomic E-state index is 0.711. The molecule has 0 saturated heterocycles. The number of furan rings is 1. The Labute approximate surface area is 146 Å². The van der Waals surface area contributed by atoms with Crippen LogP contribution in [0.25, 0.3) is 16.9 Å². The van der Waals surface area contributed by atoms with Gasteiger partial charge in [0.15, 0.2) is 0 Å². The largest absolute Gasteiger partial charge is 0.472 e. The highest BCUT2D eigenvalue weighted by atomic mass is 16.3. The molecule has 1 aromatic carbocycles. The summed E-state index contributed by atoms with van der Waals surface area (Å²) in [5.41, 5.74) is 5.24. The lowest BCUT2D eigenvalue weighted by Gasteiger charge is -2.03. The zero-order chi connectivity index (χ0) is 16.9. The van der Waals surface area contributed by atoms with Crippen LogP contribution in [0.1, 0.15) is 11.1 Å². The summed E-state index contributed by atoms with van der Waals surface area (Å²) in [6, 6.07) is 16.0. The molecule has 25 heavy (non-hydrogen) atoms. The molecule has 4 rings (SSSR count). The van der Waals surface area contributed by atoms with Crippen molar-refractivity contribution in [1.29, 1.82) is 0 Å². The third-order valence-corrected chi connectivity index (χ3v) is 3.97. The van der Waals surface area contributed by atoms with Gasteiger partial charge in [0.05, 0.1) is 23.9 Å². The first kappa shape index (κ1) is 15.4. The SMILES string of the molecule is c1ccc(-n2cc(CNCc3ccoc3)c(-c3cccnc3)n2)cc1. The van der Waals surface area contributed by atoms with Crippen LogP contribution in [0, 0.1) is 0 Å². The second kappa shape index (κ2) is 7.15. The number of aromatic nitrogens is 3. The lowest BCUT2D eigenvalue weighted by Crippen LogP contribution is -2.12. The van der Waals surface area contributed by atoms with Gasteiger partial charge < -0.3 is 9.73 Å². The Balaban J connectivity index is 1.62. The van der Waals surface area contributed by atoms with E-state index in [4.69, 9.17) is 9.52 Å². The van der Waals surface area contributed by atoms with Crippen molar-refractivity contribution in [3.8, 4) is 16.9 Å². The Hall–Kier alpha value is -3.18. The highest BCUT2D eigenvalue weighted by molar-refractivity contribution is 5.62. The molecule has 1 N–H and O–H groups in total. The second-order valence-corrected chi connectivity index (χ2v) is 5.76. The van der Waals surface area contributed by atoms with Crippen molar-refractivity contribution in [2.75, 3.05) is 0 Å². The number of nitrogens with one attached hydrogen (secondary N) is 1. The van der Waals surface area contributed by atoms with Gasteiger partial charge in [-0.25, -0.2) is 4.68 Å². The maximum Gasteiger partial charge on any atom is 0.0988 e. The van der Waals surface area contributed by atoms with Crippen LogP contribution in [0.2, 0.25) is 0 Å². The van der Waals surface area contributed by atoms with Gasteiger partial charge in [0.25, 0.3) is 0 Å². The van der Waals surface area contributed by atoms with Crippen molar-refractivity contribution >= 4 is 0 Å². The van der Waals surface area contributed by atoms with E-state index in [9.17, 15) is 0 Å². The third-order valence-electron chi connectivity index (χ3n) is 3.97. The molecule has 3 heterocycles. The van der Waals surface area contributed by atoms with Crippen molar-refractivity contribution < 1.29 is 4.42 Å². The first-order valence-corrected chi connectivity index (χ1v) is 8.16. The lowest BCUT2D eigenvalue weighted by atomic mass is 10.1. The number of pyridine rings is 1. The molecule has 5 nitrogen and oxygen atoms in total. The summed E-state index contributed by atoms with van der Waals surface area (Å²) in [6.45, 7) is 1.46. The smallest absolute Gasteiger partial charge is 0.0988 e. The minimum Gasteiger partial charge on any atom is -0.472 e. The molecule has 0 fully saturated rings. The first-order chi connectivity index (χ1) is 12.4. The van der Waals surface area contributed by atoms with E-state index >= 15 is 0 Å². The molecule has 0 spiro atoms. The standard InChI is InChI=1S/C20H18N4O/c1-2-6-19(7-3-1)24-14-18(13-22-11-16-8-10-25-15-16)20(23-24)17-5-4-9-21-12-17/h1-10,12,14-15,22H,11,13H2. The number of hydrogen-bond donors (Lipinski definition) is 1. The molecule has 0 saturated carbocycles. The highest BCUT2D eigenvalue weighted by Crippen LogP contribution is 2.23. The minimum absolute atomic E-state index is 0.711. The van der Waals surface area contributed by atoms with E-state index in [0.29, 0.717) is 6.54 Å². The van der Waals surface area contributed by atoms with E-state index in [1.165, 1.54) is 0 Å². The van der Waals surface area contributed by atoms with Crippen LogP contribution in [-0.2, 0) is 13.1 Å². The number of hydrogen-bond acceptors (Lipinski definition) is 4. The summed E-state index contributed by atoms with van der Waals surface area (Å²) in [4.78, 5) is 4.22. The first-order valence-electron chi connectivity index (χ1n) is 8.16. The van der Waals surface area contributed by atoms with Gasteiger partial charge in [-0.3, -0.25) is 4.98 Å². The molecule has 124 valence electrons. The van der Waals surface area contributed by atoms with Crippen LogP contribution in [-0.4, -0.2) is 14.8 Å². The fourth-order valence-electron chi connectivity index (χ4n) is 2.73. The molecule has 0 unspecified atom stereocenters. The molecule has 0 bridgehead atoms. The van der Waals surface area contributed by atoms with Gasteiger partial charge in [-0.1, -0.05) is 18.2 Å². The summed E-state index contributed by atoms with van der Waals surface area (Å²) >= 11 is 0. The Morgan fingerprint density at radius 1 is 1.00 bits per heavy atom. The van der Waals surface area contributed by atoms with Crippen LogP contribution in [0.3, 0.4) is 0 Å². The fraction of sp³-hybridized carbons (Fsp3) is 0.100. The van der Waals surface area contributed by atoms with Crippen molar-refractivity contribution in [3.05, 3.63) is 90.8 Å². The topological polar surface area (TPSA) is 55.9 Å². The van der Waals surface area contributed by atoms with Crippen molar-refractivity contribution in [2.24, 2.45) is 0 Å². The number of benzene rings is 1. The van der Waals surface area contributed by atoms with E-state index in [-0.39, 0.29) is 0 Å². The molecule has 4 aromatic rings. The Morgan fingerprint density at radius 3 is 2.68 bits per heavy atom. The van der Waals surface area contributed by atoms with E-state index in [0.717, 1.165) is 34.6 Å². The summed E-state index contributed by atoms with van der Waals surface area (Å²) in [5.74, 6) is 0. The molecular formula is C20H18N4O. The van der Waals surface area contributed by atoms with Crippen molar-refractivity contribution in [2.45, 2.75) is 13.1 Å².